The number of aliphatic imine (C=N–C) groups is 1. The van der Waals surface area contributed by atoms with Gasteiger partial charge in [0.25, 0.3) is 0 Å². The van der Waals surface area contributed by atoms with Gasteiger partial charge in [-0.1, -0.05) is 26.7 Å². The van der Waals surface area contributed by atoms with Gasteiger partial charge in [0, 0.05) is 12.5 Å². The Morgan fingerprint density at radius 3 is 2.31 bits per heavy atom. The van der Waals surface area contributed by atoms with Crippen molar-refractivity contribution in [1.82, 2.24) is 15.5 Å². The lowest BCUT2D eigenvalue weighted by Gasteiger charge is -2.29. The lowest BCUT2D eigenvalue weighted by Crippen LogP contribution is -2.55. The summed E-state index contributed by atoms with van der Waals surface area (Å²) in [5.41, 5.74) is 10.6. The summed E-state index contributed by atoms with van der Waals surface area (Å²) in [6.45, 7) is 4.74. The van der Waals surface area contributed by atoms with Crippen LogP contribution in [0.1, 0.15) is 71.6 Å². The molecule has 12 nitrogen and oxygen atoms in total. The van der Waals surface area contributed by atoms with Crippen LogP contribution in [0.3, 0.4) is 0 Å². The van der Waals surface area contributed by atoms with Crippen molar-refractivity contribution < 1.29 is 29.1 Å². The third-order valence-corrected chi connectivity index (χ3v) is 6.04. The zero-order valence-corrected chi connectivity index (χ0v) is 20.7. The highest BCUT2D eigenvalue weighted by molar-refractivity contribution is 6.02. The zero-order valence-electron chi connectivity index (χ0n) is 20.7. The molecule has 1 heterocycles. The average molecular weight is 497 g/mol. The molecule has 1 rings (SSSR count). The van der Waals surface area contributed by atoms with Gasteiger partial charge in [0.05, 0.1) is 18.5 Å². The summed E-state index contributed by atoms with van der Waals surface area (Å²) in [5.74, 6) is -3.53. The minimum atomic E-state index is -1.38. The Morgan fingerprint density at radius 1 is 1.11 bits per heavy atom. The van der Waals surface area contributed by atoms with Crippen molar-refractivity contribution in [3.8, 4) is 0 Å². The molecule has 0 radical (unpaired) electrons. The first-order chi connectivity index (χ1) is 16.6. The number of nitrogens with two attached hydrogens (primary N) is 2. The topological polar surface area (TPSA) is 197 Å². The molecule has 198 valence electrons. The number of imide groups is 1. The van der Waals surface area contributed by atoms with E-state index < -0.39 is 48.2 Å². The Balaban J connectivity index is 2.84. The van der Waals surface area contributed by atoms with Crippen LogP contribution in [0.4, 0.5) is 0 Å². The van der Waals surface area contributed by atoms with E-state index in [0.717, 1.165) is 19.1 Å². The lowest BCUT2D eigenvalue weighted by molar-refractivity contribution is -0.143. The van der Waals surface area contributed by atoms with Crippen LogP contribution >= 0.6 is 0 Å². The van der Waals surface area contributed by atoms with Crippen LogP contribution in [-0.2, 0) is 24.0 Å². The first-order valence-corrected chi connectivity index (χ1v) is 12.3. The van der Waals surface area contributed by atoms with Crippen LogP contribution in [0.5, 0.6) is 0 Å². The number of aliphatic carboxylic acids is 1. The Labute approximate surface area is 206 Å². The SMILES string of the molecule is CCCC(CCC)C(=O)N[C@@H](CC(=O)O)C(=O)NC(=O)[C@@H]1CCCN1[C@H](C=O)CCCN=C(N)N. The minimum absolute atomic E-state index is 0.0386. The molecule has 0 aromatic heterocycles. The largest absolute Gasteiger partial charge is 0.481 e. The number of aldehydes is 1. The number of nitrogens with zero attached hydrogens (tertiary/aromatic N) is 2. The predicted molar refractivity (Wildman–Crippen MR) is 130 cm³/mol. The van der Waals surface area contributed by atoms with Gasteiger partial charge in [-0.15, -0.1) is 0 Å². The first-order valence-electron chi connectivity index (χ1n) is 12.3. The van der Waals surface area contributed by atoms with Gasteiger partial charge in [-0.25, -0.2) is 0 Å². The van der Waals surface area contributed by atoms with Crippen molar-refractivity contribution in [2.75, 3.05) is 13.1 Å². The molecule has 1 fully saturated rings. The highest BCUT2D eigenvalue weighted by atomic mass is 16.4. The molecule has 1 aliphatic rings. The van der Waals surface area contributed by atoms with E-state index in [-0.39, 0.29) is 11.9 Å². The number of amides is 3. The molecule has 12 heteroatoms. The van der Waals surface area contributed by atoms with Crippen LogP contribution in [-0.4, -0.2) is 77.2 Å². The third-order valence-electron chi connectivity index (χ3n) is 6.04. The summed E-state index contributed by atoms with van der Waals surface area (Å²) in [6.07, 6.45) is 4.98. The van der Waals surface area contributed by atoms with Crippen molar-refractivity contribution in [3.63, 3.8) is 0 Å². The van der Waals surface area contributed by atoms with Gasteiger partial charge in [0.1, 0.15) is 12.3 Å². The van der Waals surface area contributed by atoms with Gasteiger partial charge in [-0.05, 0) is 45.1 Å². The second kappa shape index (κ2) is 15.8. The highest BCUT2D eigenvalue weighted by Crippen LogP contribution is 2.22. The summed E-state index contributed by atoms with van der Waals surface area (Å²) in [4.78, 5) is 67.0. The third kappa shape index (κ3) is 10.4. The number of hydrogen-bond donors (Lipinski definition) is 5. The fourth-order valence-electron chi connectivity index (χ4n) is 4.36. The Hall–Kier alpha value is -3.02. The van der Waals surface area contributed by atoms with Gasteiger partial charge in [0.15, 0.2) is 5.96 Å². The van der Waals surface area contributed by atoms with Gasteiger partial charge >= 0.3 is 5.97 Å². The molecule has 3 atom stereocenters. The van der Waals surface area contributed by atoms with E-state index >= 15 is 0 Å². The quantitative estimate of drug-likeness (QED) is 0.0837. The van der Waals surface area contributed by atoms with Crippen LogP contribution < -0.4 is 22.1 Å². The molecule has 3 amide bonds. The van der Waals surface area contributed by atoms with Crippen molar-refractivity contribution >= 4 is 35.9 Å². The van der Waals surface area contributed by atoms with Gasteiger partial charge in [-0.2, -0.15) is 0 Å². The Kier molecular flexibility index (Phi) is 13.5. The molecular weight excluding hydrogens is 456 g/mol. The fourth-order valence-corrected chi connectivity index (χ4v) is 4.36. The number of carboxylic acids is 1. The summed E-state index contributed by atoms with van der Waals surface area (Å²) in [6, 6.07) is -2.64. The molecule has 0 aromatic rings. The van der Waals surface area contributed by atoms with E-state index in [4.69, 9.17) is 11.5 Å². The number of hydrogen-bond acceptors (Lipinski definition) is 7. The normalized spacial score (nSPS) is 17.4. The number of rotatable bonds is 16. The molecule has 0 bridgehead atoms. The van der Waals surface area contributed by atoms with Crippen LogP contribution in [0, 0.1) is 5.92 Å². The number of carbonyl (C=O) groups is 5. The van der Waals surface area contributed by atoms with Gasteiger partial charge in [0.2, 0.25) is 17.7 Å². The summed E-state index contributed by atoms with van der Waals surface area (Å²) in [5, 5.41) is 14.0. The molecule has 1 saturated heterocycles. The number of carbonyl (C=O) groups excluding carboxylic acids is 4. The van der Waals surface area contributed by atoms with E-state index in [0.29, 0.717) is 51.6 Å². The molecule has 7 N–H and O–H groups in total. The first kappa shape index (κ1) is 30.0. The Morgan fingerprint density at radius 2 is 1.77 bits per heavy atom. The maximum atomic E-state index is 12.9. The van der Waals surface area contributed by atoms with Crippen molar-refractivity contribution in [2.45, 2.75) is 89.8 Å². The number of guanidine groups is 1. The second-order valence-electron chi connectivity index (χ2n) is 8.83. The maximum absolute atomic E-state index is 12.9. The smallest absolute Gasteiger partial charge is 0.305 e. The van der Waals surface area contributed by atoms with E-state index in [2.05, 4.69) is 15.6 Å². The monoisotopic (exact) mass is 496 g/mol. The summed E-state index contributed by atoms with van der Waals surface area (Å²) in [7, 11) is 0. The van der Waals surface area contributed by atoms with E-state index in [1.807, 2.05) is 13.8 Å². The molecule has 0 unspecified atom stereocenters. The fraction of sp³-hybridized carbons (Fsp3) is 0.739. The molecule has 35 heavy (non-hydrogen) atoms. The van der Waals surface area contributed by atoms with Crippen molar-refractivity contribution in [3.05, 3.63) is 0 Å². The number of nitrogens with one attached hydrogen (secondary N) is 2. The summed E-state index contributed by atoms with van der Waals surface area (Å²) < 4.78 is 0. The molecular formula is C23H40N6O6. The van der Waals surface area contributed by atoms with E-state index in [1.165, 1.54) is 0 Å². The minimum Gasteiger partial charge on any atom is -0.481 e. The predicted octanol–water partition coefficient (Wildman–Crippen LogP) is -0.109. The average Bonchev–Trinajstić information content (AvgIpc) is 3.27. The molecule has 0 aliphatic carbocycles. The lowest BCUT2D eigenvalue weighted by atomic mass is 9.96. The standard InChI is InChI=1S/C23H40N6O6/c1-3-7-15(8-4-2)20(33)27-17(13-19(31)32)21(34)28-22(35)18-10-6-12-29(18)16(14-30)9-5-11-26-23(24)25/h14-18H,3-13H2,1-2H3,(H,27,33)(H,31,32)(H4,24,25,26)(H,28,34,35)/t16-,17-,18-/m0/s1. The van der Waals surface area contributed by atoms with E-state index in [1.54, 1.807) is 4.90 Å². The van der Waals surface area contributed by atoms with Crippen LogP contribution in [0.15, 0.2) is 4.99 Å². The van der Waals surface area contributed by atoms with Gasteiger partial charge < -0.3 is 26.7 Å². The molecule has 0 spiro atoms. The molecule has 0 aromatic carbocycles. The Bertz CT molecular complexity index is 764. The van der Waals surface area contributed by atoms with Crippen LogP contribution in [0.2, 0.25) is 0 Å². The van der Waals surface area contributed by atoms with Crippen molar-refractivity contribution in [2.24, 2.45) is 22.4 Å². The van der Waals surface area contributed by atoms with Crippen molar-refractivity contribution in [1.29, 1.82) is 0 Å². The zero-order chi connectivity index (χ0) is 26.4. The number of carboxylic acid groups (broad SMARTS) is 1. The number of likely N-dealkylation sites (tertiary alicyclic amines) is 1. The van der Waals surface area contributed by atoms with Gasteiger partial charge in [-0.3, -0.25) is 34.4 Å². The highest BCUT2D eigenvalue weighted by Gasteiger charge is 2.37. The van der Waals surface area contributed by atoms with Crippen LogP contribution in [0.25, 0.3) is 0 Å². The maximum Gasteiger partial charge on any atom is 0.305 e. The molecule has 0 saturated carbocycles. The molecule has 1 aliphatic heterocycles. The second-order valence-corrected chi connectivity index (χ2v) is 8.83. The summed E-state index contributed by atoms with van der Waals surface area (Å²) >= 11 is 0. The van der Waals surface area contributed by atoms with E-state index in [9.17, 15) is 29.1 Å².